The Labute approximate surface area is 194 Å². The maximum absolute atomic E-state index is 4.91. The summed E-state index contributed by atoms with van der Waals surface area (Å²) in [4.78, 5) is 21.8. The van der Waals surface area contributed by atoms with E-state index in [0.29, 0.717) is 0 Å². The van der Waals surface area contributed by atoms with Crippen molar-refractivity contribution in [2.24, 2.45) is 0 Å². The molecule has 32 heavy (non-hydrogen) atoms. The lowest BCUT2D eigenvalue weighted by Crippen LogP contribution is -2.39. The molecule has 1 aliphatic heterocycles. The van der Waals surface area contributed by atoms with Gasteiger partial charge in [0.2, 0.25) is 0 Å². The zero-order chi connectivity index (χ0) is 22.9. The molecule has 0 unspecified atom stereocenters. The van der Waals surface area contributed by atoms with Gasteiger partial charge < -0.3 is 14.7 Å². The van der Waals surface area contributed by atoms with Gasteiger partial charge in [-0.1, -0.05) is 12.1 Å². The average molecular weight is 440 g/mol. The Morgan fingerprint density at radius 3 is 1.12 bits per heavy atom. The fraction of sp³-hybridized carbons (Fsp3) is 0.600. The third-order valence-corrected chi connectivity index (χ3v) is 6.19. The monoisotopic (exact) mass is 439 g/mol. The predicted molar refractivity (Wildman–Crippen MR) is 133 cm³/mol. The van der Waals surface area contributed by atoms with Gasteiger partial charge in [-0.2, -0.15) is 0 Å². The molecule has 0 radical (unpaired) electrons. The highest BCUT2D eigenvalue weighted by molar-refractivity contribution is 5.54. The summed E-state index contributed by atoms with van der Waals surface area (Å²) >= 11 is 0. The zero-order valence-electron chi connectivity index (χ0n) is 20.7. The summed E-state index contributed by atoms with van der Waals surface area (Å²) in [6, 6.07) is 12.5. The van der Waals surface area contributed by atoms with E-state index in [1.807, 2.05) is 0 Å². The molecule has 1 aliphatic rings. The quantitative estimate of drug-likeness (QED) is 0.620. The average Bonchev–Trinajstić information content (AvgIpc) is 2.78. The summed E-state index contributed by atoms with van der Waals surface area (Å²) in [6.07, 6.45) is 0. The lowest BCUT2D eigenvalue weighted by Gasteiger charge is -2.26. The highest BCUT2D eigenvalue weighted by atomic mass is 15.2. The van der Waals surface area contributed by atoms with Crippen LogP contribution in [0.4, 0.5) is 0 Å². The summed E-state index contributed by atoms with van der Waals surface area (Å²) in [5, 5.41) is 0. The number of hydrogen-bond donors (Lipinski definition) is 0. The summed E-state index contributed by atoms with van der Waals surface area (Å²) < 4.78 is 0. The maximum Gasteiger partial charge on any atom is 0.0890 e. The Kier molecular flexibility index (Phi) is 9.56. The highest BCUT2D eigenvalue weighted by Gasteiger charge is 2.10. The number of rotatable bonds is 0. The second-order valence-corrected chi connectivity index (χ2v) is 9.41. The molecule has 0 amide bonds. The largest absolute Gasteiger partial charge is 0.304 e. The fourth-order valence-electron chi connectivity index (χ4n) is 3.83. The van der Waals surface area contributed by atoms with Crippen molar-refractivity contribution in [2.75, 3.05) is 87.6 Å². The van der Waals surface area contributed by atoms with Crippen LogP contribution in [0.25, 0.3) is 11.4 Å². The first-order valence-electron chi connectivity index (χ1n) is 11.7. The minimum Gasteiger partial charge on any atom is -0.304 e. The molecule has 0 aromatic carbocycles. The molecule has 2 aromatic heterocycles. The van der Waals surface area contributed by atoms with Crippen molar-refractivity contribution >= 4 is 0 Å². The summed E-state index contributed by atoms with van der Waals surface area (Å²) in [7, 11) is 11.0. The molecule has 7 heteroatoms. The van der Waals surface area contributed by atoms with Crippen molar-refractivity contribution in [3.63, 3.8) is 0 Å². The Morgan fingerprint density at radius 2 is 0.781 bits per heavy atom. The van der Waals surface area contributed by atoms with Crippen molar-refractivity contribution < 1.29 is 0 Å². The lowest BCUT2D eigenvalue weighted by molar-refractivity contribution is 0.199. The molecule has 3 heterocycles. The number of pyridine rings is 2. The molecule has 0 spiro atoms. The van der Waals surface area contributed by atoms with E-state index in [1.54, 1.807) is 0 Å². The van der Waals surface area contributed by atoms with Gasteiger partial charge in [-0.15, -0.1) is 0 Å². The molecule has 176 valence electrons. The molecule has 0 saturated carbocycles. The van der Waals surface area contributed by atoms with Crippen molar-refractivity contribution in [3.05, 3.63) is 47.8 Å². The molecule has 0 saturated heterocycles. The van der Waals surface area contributed by atoms with Crippen LogP contribution in [-0.2, 0) is 13.1 Å². The molecule has 4 bridgehead atoms. The Hall–Kier alpha value is -1.90. The van der Waals surface area contributed by atoms with Crippen LogP contribution < -0.4 is 0 Å². The first-order chi connectivity index (χ1) is 15.4. The maximum atomic E-state index is 4.91. The van der Waals surface area contributed by atoms with Crippen LogP contribution in [0.1, 0.15) is 11.4 Å². The fourth-order valence-corrected chi connectivity index (χ4v) is 3.83. The second kappa shape index (κ2) is 12.4. The van der Waals surface area contributed by atoms with Crippen LogP contribution in [0.15, 0.2) is 36.4 Å². The van der Waals surface area contributed by atoms with Crippen molar-refractivity contribution in [1.29, 1.82) is 0 Å². The topological polar surface area (TPSA) is 42.0 Å². The van der Waals surface area contributed by atoms with Gasteiger partial charge in [0, 0.05) is 65.4 Å². The third kappa shape index (κ3) is 8.22. The Bertz CT molecular complexity index is 760. The van der Waals surface area contributed by atoms with Crippen LogP contribution in [-0.4, -0.2) is 122 Å². The van der Waals surface area contributed by atoms with Crippen LogP contribution in [0.2, 0.25) is 0 Å². The van der Waals surface area contributed by atoms with Crippen molar-refractivity contribution in [1.82, 2.24) is 34.5 Å². The summed E-state index contributed by atoms with van der Waals surface area (Å²) in [5.74, 6) is 0. The second-order valence-electron chi connectivity index (χ2n) is 9.41. The SMILES string of the molecule is CN1CCN(C)CCN(C)Cc2cccc(n2)-c2cccc(n2)CN(C)CCN(C)CC1. The van der Waals surface area contributed by atoms with Gasteiger partial charge >= 0.3 is 0 Å². The zero-order valence-corrected chi connectivity index (χ0v) is 20.7. The van der Waals surface area contributed by atoms with Crippen LogP contribution in [0, 0.1) is 0 Å². The molecular formula is C25H41N7. The summed E-state index contributed by atoms with van der Waals surface area (Å²) in [5.41, 5.74) is 4.08. The van der Waals surface area contributed by atoms with Crippen LogP contribution >= 0.6 is 0 Å². The lowest BCUT2D eigenvalue weighted by atomic mass is 10.2. The van der Waals surface area contributed by atoms with E-state index >= 15 is 0 Å². The molecule has 7 nitrogen and oxygen atoms in total. The number of fused-ring (bicyclic) bond motifs is 5. The number of nitrogens with zero attached hydrogens (tertiary/aromatic N) is 7. The van der Waals surface area contributed by atoms with E-state index in [2.05, 4.69) is 96.1 Å². The van der Waals surface area contributed by atoms with Gasteiger partial charge in [0.15, 0.2) is 0 Å². The van der Waals surface area contributed by atoms with Gasteiger partial charge in [0.25, 0.3) is 0 Å². The normalized spacial score (nSPS) is 20.7. The van der Waals surface area contributed by atoms with E-state index in [4.69, 9.17) is 9.97 Å². The third-order valence-electron chi connectivity index (χ3n) is 6.19. The van der Waals surface area contributed by atoms with E-state index in [0.717, 1.165) is 88.2 Å². The molecule has 0 N–H and O–H groups in total. The first kappa shape index (κ1) is 24.7. The smallest absolute Gasteiger partial charge is 0.0890 e. The number of likely N-dealkylation sites (N-methyl/N-ethyl adjacent to an activating group) is 5. The molecule has 0 atom stereocenters. The summed E-state index contributed by atoms with van der Waals surface area (Å²) in [6.45, 7) is 10.2. The van der Waals surface area contributed by atoms with Gasteiger partial charge in [-0.25, -0.2) is 9.97 Å². The van der Waals surface area contributed by atoms with Crippen molar-refractivity contribution in [2.45, 2.75) is 13.1 Å². The van der Waals surface area contributed by atoms with Gasteiger partial charge in [-0.3, -0.25) is 9.80 Å². The van der Waals surface area contributed by atoms with Gasteiger partial charge in [0.05, 0.1) is 22.8 Å². The van der Waals surface area contributed by atoms with Gasteiger partial charge in [0.1, 0.15) is 0 Å². The highest BCUT2D eigenvalue weighted by Crippen LogP contribution is 2.16. The molecule has 2 aromatic rings. The van der Waals surface area contributed by atoms with E-state index < -0.39 is 0 Å². The predicted octanol–water partition coefficient (Wildman–Crippen LogP) is 1.82. The van der Waals surface area contributed by atoms with E-state index in [9.17, 15) is 0 Å². The minimum absolute atomic E-state index is 0.844. The molecule has 0 aliphatic carbocycles. The van der Waals surface area contributed by atoms with Crippen LogP contribution in [0.5, 0.6) is 0 Å². The number of hydrogen-bond acceptors (Lipinski definition) is 7. The molecule has 0 fully saturated rings. The van der Waals surface area contributed by atoms with Crippen molar-refractivity contribution in [3.8, 4) is 11.4 Å². The van der Waals surface area contributed by atoms with Crippen LogP contribution in [0.3, 0.4) is 0 Å². The molecule has 3 rings (SSSR count). The van der Waals surface area contributed by atoms with Gasteiger partial charge in [-0.05, 0) is 59.5 Å². The van der Waals surface area contributed by atoms with E-state index in [-0.39, 0.29) is 0 Å². The van der Waals surface area contributed by atoms with E-state index in [1.165, 1.54) is 0 Å². The first-order valence-corrected chi connectivity index (χ1v) is 11.7. The Morgan fingerprint density at radius 1 is 0.469 bits per heavy atom. The molecular weight excluding hydrogens is 398 g/mol. The standard InChI is InChI=1S/C25H41N7/c1-28-12-14-29(2)16-18-31(4)20-22-8-6-10-24(26-22)25-11-7-9-23(27-25)21-32(5)19-17-30(3)15-13-28/h6-11H,12-21H2,1-5H3. The number of aromatic nitrogens is 2. The Balaban J connectivity index is 1.75. The minimum atomic E-state index is 0.844.